The van der Waals surface area contributed by atoms with E-state index in [2.05, 4.69) is 4.98 Å². The number of oxazole rings is 1. The molecule has 1 aliphatic heterocycles. The van der Waals surface area contributed by atoms with Gasteiger partial charge in [-0.2, -0.15) is 0 Å². The molecule has 11 nitrogen and oxygen atoms in total. The van der Waals surface area contributed by atoms with Crippen LogP contribution >= 0.6 is 11.6 Å². The number of amides is 2. The minimum Gasteiger partial charge on any atom is -0.494 e. The third kappa shape index (κ3) is 7.15. The van der Waals surface area contributed by atoms with E-state index in [1.54, 1.807) is 24.5 Å². The number of carbonyl (C=O) groups excluding carboxylic acids is 2. The van der Waals surface area contributed by atoms with Crippen LogP contribution in [0.25, 0.3) is 11.3 Å². The molecule has 2 amide bonds. The molecule has 7 rings (SSSR count). The lowest BCUT2D eigenvalue weighted by Gasteiger charge is -2.51. The molecule has 4 heterocycles. The fraction of sp³-hybridized carbons (Fsp3) is 0.595. The fourth-order valence-electron chi connectivity index (χ4n) is 7.54. The molecule has 4 aliphatic rings. The summed E-state index contributed by atoms with van der Waals surface area (Å²) < 4.78 is 16.9. The molecule has 3 aliphatic carbocycles. The zero-order valence-corrected chi connectivity index (χ0v) is 29.3. The summed E-state index contributed by atoms with van der Waals surface area (Å²) in [5.41, 5.74) is 1.98. The summed E-state index contributed by atoms with van der Waals surface area (Å²) in [6.07, 6.45) is 10.8. The zero-order chi connectivity index (χ0) is 34.3. The Kier molecular flexibility index (Phi) is 9.58. The van der Waals surface area contributed by atoms with Crippen LogP contribution in [0.1, 0.15) is 101 Å². The molecular formula is C37H46ClN5O6. The topological polar surface area (TPSA) is 131 Å². The number of ether oxygens (including phenoxy) is 2. The maximum atomic E-state index is 14.4. The maximum absolute atomic E-state index is 14.4. The van der Waals surface area contributed by atoms with Gasteiger partial charge in [0.1, 0.15) is 23.9 Å². The van der Waals surface area contributed by atoms with Crippen LogP contribution < -0.4 is 9.64 Å². The highest BCUT2D eigenvalue weighted by Crippen LogP contribution is 2.41. The predicted octanol–water partition coefficient (Wildman–Crippen LogP) is 7.13. The monoisotopic (exact) mass is 691 g/mol. The Morgan fingerprint density at radius 1 is 1.02 bits per heavy atom. The number of aliphatic hydroxyl groups is 1. The molecule has 3 aromatic rings. The summed E-state index contributed by atoms with van der Waals surface area (Å²) in [5, 5.41) is 10.4. The summed E-state index contributed by atoms with van der Waals surface area (Å²) in [7, 11) is 1.59. The van der Waals surface area contributed by atoms with E-state index in [1.165, 1.54) is 0 Å². The lowest BCUT2D eigenvalue weighted by molar-refractivity contribution is -0.125. The van der Waals surface area contributed by atoms with Crippen molar-refractivity contribution in [3.8, 4) is 17.0 Å². The van der Waals surface area contributed by atoms with Gasteiger partial charge in [0.15, 0.2) is 16.8 Å². The number of aliphatic hydroxyl groups excluding tert-OH is 1. The second kappa shape index (κ2) is 13.9. The quantitative estimate of drug-likeness (QED) is 0.233. The van der Waals surface area contributed by atoms with Crippen molar-refractivity contribution < 1.29 is 28.6 Å². The van der Waals surface area contributed by atoms with E-state index in [0.717, 1.165) is 61.4 Å². The Morgan fingerprint density at radius 2 is 1.76 bits per heavy atom. The number of rotatable bonds is 9. The van der Waals surface area contributed by atoms with Crippen molar-refractivity contribution in [2.45, 2.75) is 108 Å². The number of hydrogen-bond acceptors (Lipinski definition) is 9. The van der Waals surface area contributed by atoms with Crippen LogP contribution in [0.2, 0.25) is 5.15 Å². The first-order chi connectivity index (χ1) is 23.6. The predicted molar refractivity (Wildman–Crippen MR) is 184 cm³/mol. The molecule has 12 heteroatoms. The average Bonchev–Trinajstić information content (AvgIpc) is 3.85. The van der Waals surface area contributed by atoms with Crippen molar-refractivity contribution >= 4 is 29.4 Å². The van der Waals surface area contributed by atoms with Gasteiger partial charge < -0.3 is 19.0 Å². The average molecular weight is 692 g/mol. The first-order valence-corrected chi connectivity index (χ1v) is 18.1. The molecule has 0 spiro atoms. The van der Waals surface area contributed by atoms with Crippen molar-refractivity contribution in [1.82, 2.24) is 19.9 Å². The Hall–Kier alpha value is -3.70. The van der Waals surface area contributed by atoms with E-state index in [4.69, 9.17) is 35.5 Å². The second-order valence-electron chi connectivity index (χ2n) is 14.8. The first kappa shape index (κ1) is 33.8. The molecule has 0 radical (unpaired) electrons. The van der Waals surface area contributed by atoms with E-state index >= 15 is 0 Å². The third-order valence-electron chi connectivity index (χ3n) is 11.2. The number of anilines is 1. The van der Waals surface area contributed by atoms with Gasteiger partial charge in [-0.3, -0.25) is 14.6 Å². The fourth-order valence-corrected chi connectivity index (χ4v) is 7.77. The molecule has 49 heavy (non-hydrogen) atoms. The maximum Gasteiger partial charge on any atom is 0.410 e. The highest BCUT2D eigenvalue weighted by molar-refractivity contribution is 6.30. The van der Waals surface area contributed by atoms with Crippen LogP contribution in [0.4, 0.5) is 10.6 Å². The number of halogens is 1. The molecule has 4 fully saturated rings. The molecule has 1 saturated heterocycles. The normalized spacial score (nSPS) is 26.5. The van der Waals surface area contributed by atoms with Gasteiger partial charge in [-0.25, -0.2) is 19.7 Å². The van der Waals surface area contributed by atoms with E-state index in [0.29, 0.717) is 66.7 Å². The lowest BCUT2D eigenvalue weighted by Crippen LogP contribution is -2.69. The van der Waals surface area contributed by atoms with Gasteiger partial charge in [-0.15, -0.1) is 0 Å². The van der Waals surface area contributed by atoms with Crippen LogP contribution in [0, 0.1) is 11.8 Å². The van der Waals surface area contributed by atoms with Gasteiger partial charge in [0, 0.05) is 41.8 Å². The number of likely N-dealkylation sites (tertiary alicyclic amines) is 1. The van der Waals surface area contributed by atoms with Crippen LogP contribution in [0.3, 0.4) is 0 Å². The molecule has 0 bridgehead atoms. The Labute approximate surface area is 292 Å². The number of β-amino-alcohol motifs (C(OH)–C–C–N with tert-alkyl or cyclic N) is 1. The Balaban J connectivity index is 1.04. The Morgan fingerprint density at radius 3 is 2.41 bits per heavy atom. The van der Waals surface area contributed by atoms with E-state index in [9.17, 15) is 14.7 Å². The van der Waals surface area contributed by atoms with Gasteiger partial charge >= 0.3 is 6.09 Å². The molecule has 1 N–H and O–H groups in total. The van der Waals surface area contributed by atoms with Crippen molar-refractivity contribution in [2.75, 3.05) is 25.1 Å². The summed E-state index contributed by atoms with van der Waals surface area (Å²) in [6, 6.07) is 7.75. The number of nitrogens with zero attached hydrogens (tertiary/aromatic N) is 5. The minimum absolute atomic E-state index is 0.0611. The van der Waals surface area contributed by atoms with E-state index < -0.39 is 17.7 Å². The zero-order valence-electron chi connectivity index (χ0n) is 28.5. The van der Waals surface area contributed by atoms with Crippen molar-refractivity contribution in [3.63, 3.8) is 0 Å². The van der Waals surface area contributed by atoms with Gasteiger partial charge in [-0.1, -0.05) is 11.6 Å². The molecule has 262 valence electrons. The first-order valence-electron chi connectivity index (χ1n) is 17.7. The highest BCUT2D eigenvalue weighted by Gasteiger charge is 2.49. The largest absolute Gasteiger partial charge is 0.494 e. The lowest BCUT2D eigenvalue weighted by atomic mass is 9.79. The molecule has 0 aromatic carbocycles. The minimum atomic E-state index is -0.630. The summed E-state index contributed by atoms with van der Waals surface area (Å²) in [6.45, 7) is 4.53. The van der Waals surface area contributed by atoms with Crippen LogP contribution in [-0.4, -0.2) is 74.9 Å². The molecular weight excluding hydrogens is 646 g/mol. The number of carbonyl (C=O) groups is 2. The van der Waals surface area contributed by atoms with Gasteiger partial charge in [-0.05, 0) is 108 Å². The SMILES string of the molecule is COc1ccc(C2CCC(CN(C(=O)C3CCC(OC(=O)N4CC(O)C4(C)C)CC3)c3cc(-c4coc(C5CC5)n4)ccn3)CC2)nc1Cl. The highest BCUT2D eigenvalue weighted by atomic mass is 35.5. The van der Waals surface area contributed by atoms with Gasteiger partial charge in [0.2, 0.25) is 5.91 Å². The van der Waals surface area contributed by atoms with E-state index in [1.807, 2.05) is 43.0 Å². The number of aromatic nitrogens is 3. The summed E-state index contributed by atoms with van der Waals surface area (Å²) in [5.74, 6) is 2.86. The number of methoxy groups -OCH3 is 1. The summed E-state index contributed by atoms with van der Waals surface area (Å²) >= 11 is 6.34. The number of pyridine rings is 2. The van der Waals surface area contributed by atoms with Crippen molar-refractivity contribution in [2.24, 2.45) is 11.8 Å². The third-order valence-corrected chi connectivity index (χ3v) is 11.4. The second-order valence-corrected chi connectivity index (χ2v) is 15.1. The van der Waals surface area contributed by atoms with Crippen LogP contribution in [-0.2, 0) is 9.53 Å². The van der Waals surface area contributed by atoms with Crippen LogP contribution in [0.15, 0.2) is 41.1 Å². The van der Waals surface area contributed by atoms with Crippen molar-refractivity contribution in [1.29, 1.82) is 0 Å². The molecule has 1 atom stereocenters. The molecule has 3 saturated carbocycles. The molecule has 3 aromatic heterocycles. The van der Waals surface area contributed by atoms with Crippen LogP contribution in [0.5, 0.6) is 5.75 Å². The number of hydrogen-bond donors (Lipinski definition) is 1. The standard InChI is InChI=1S/C37H46ClN5O6/c1-37(2)31(44)20-43(37)36(46)49-27-12-10-25(11-13-27)35(45)42(32-18-26(16-17-39-32)29-21-48-34(41-29)24-8-9-24)19-22-4-6-23(7-5-22)28-14-15-30(47-3)33(38)40-28/h14-18,21-25,27,31,44H,4-13,19-20H2,1-3H3. The van der Waals surface area contributed by atoms with Crippen molar-refractivity contribution in [3.05, 3.63) is 53.5 Å². The molecule has 1 unspecified atom stereocenters. The van der Waals surface area contributed by atoms with Gasteiger partial charge in [0.25, 0.3) is 0 Å². The Bertz CT molecular complexity index is 1660. The smallest absolute Gasteiger partial charge is 0.410 e. The summed E-state index contributed by atoms with van der Waals surface area (Å²) in [4.78, 5) is 44.7. The van der Waals surface area contributed by atoms with E-state index in [-0.39, 0.29) is 24.5 Å². The van der Waals surface area contributed by atoms with Gasteiger partial charge in [0.05, 0.1) is 25.3 Å².